The van der Waals surface area contributed by atoms with Gasteiger partial charge in [0.2, 0.25) is 0 Å². The lowest BCUT2D eigenvalue weighted by Gasteiger charge is -1.91. The van der Waals surface area contributed by atoms with Crippen molar-refractivity contribution in [2.75, 3.05) is 0 Å². The minimum absolute atomic E-state index is 0. The lowest BCUT2D eigenvalue weighted by atomic mass is 10.2. The summed E-state index contributed by atoms with van der Waals surface area (Å²) in [6, 6.07) is 5.94. The molecule has 1 radical (unpaired) electrons. The molecule has 0 saturated heterocycles. The number of fused-ring (bicyclic) bond motifs is 1. The predicted octanol–water partition coefficient (Wildman–Crippen LogP) is -0.542. The van der Waals surface area contributed by atoms with Crippen molar-refractivity contribution in [1.29, 1.82) is 0 Å². The molecule has 0 aromatic heterocycles. The van der Waals surface area contributed by atoms with Crippen LogP contribution in [0.2, 0.25) is 0 Å². The van der Waals surface area contributed by atoms with Crippen LogP contribution in [0.15, 0.2) is 23.3 Å². The Balaban J connectivity index is 0.000000720. The van der Waals surface area contributed by atoms with Crippen molar-refractivity contribution in [2.45, 2.75) is 6.54 Å². The minimum Gasteiger partial charge on any atom is -0.326 e. The molecule has 1 aromatic rings. The molecule has 1 aliphatic heterocycles. The molecule has 12 heavy (non-hydrogen) atoms. The molecule has 0 spiro atoms. The van der Waals surface area contributed by atoms with Crippen molar-refractivity contribution >= 4 is 18.6 Å². The van der Waals surface area contributed by atoms with E-state index < -0.39 is 0 Å². The Kier molecular flexibility index (Phi) is 2.68. The quantitative estimate of drug-likeness (QED) is 0.623. The van der Waals surface area contributed by atoms with Crippen LogP contribution in [0, 0.1) is 0 Å². The molecule has 2 rings (SSSR count). The SMILES string of the molecule is Cl.NCc1ccc2c(c1)=N[N]C=2. The molecular formula is C8H9ClN3. The smallest absolute Gasteiger partial charge is 0.0948 e. The van der Waals surface area contributed by atoms with Crippen LogP contribution >= 0.6 is 12.4 Å². The van der Waals surface area contributed by atoms with E-state index in [0.29, 0.717) is 6.54 Å². The van der Waals surface area contributed by atoms with E-state index in [9.17, 15) is 0 Å². The van der Waals surface area contributed by atoms with E-state index in [-0.39, 0.29) is 12.4 Å². The summed E-state index contributed by atoms with van der Waals surface area (Å²) >= 11 is 0. The second kappa shape index (κ2) is 3.56. The average Bonchev–Trinajstić information content (AvgIpc) is 2.50. The molecule has 1 aromatic carbocycles. The van der Waals surface area contributed by atoms with Crippen molar-refractivity contribution < 1.29 is 0 Å². The zero-order valence-electron chi connectivity index (χ0n) is 6.40. The molecule has 0 unspecified atom stereocenters. The number of halogens is 1. The lowest BCUT2D eigenvalue weighted by molar-refractivity contribution is 0.973. The van der Waals surface area contributed by atoms with Crippen LogP contribution in [0.1, 0.15) is 5.56 Å². The summed E-state index contributed by atoms with van der Waals surface area (Å²) in [6.07, 6.45) is 1.75. The van der Waals surface area contributed by atoms with Crippen molar-refractivity contribution in [3.8, 4) is 0 Å². The maximum atomic E-state index is 5.46. The van der Waals surface area contributed by atoms with E-state index in [2.05, 4.69) is 10.5 Å². The molecular weight excluding hydrogens is 174 g/mol. The van der Waals surface area contributed by atoms with Crippen LogP contribution in [0.4, 0.5) is 0 Å². The lowest BCUT2D eigenvalue weighted by Crippen LogP contribution is -2.22. The average molecular weight is 183 g/mol. The number of nitrogens with two attached hydrogens (primary N) is 1. The largest absolute Gasteiger partial charge is 0.326 e. The Morgan fingerprint density at radius 1 is 1.33 bits per heavy atom. The molecule has 0 bridgehead atoms. The van der Waals surface area contributed by atoms with Crippen LogP contribution in [-0.4, -0.2) is 0 Å². The highest BCUT2D eigenvalue weighted by Gasteiger charge is 1.95. The van der Waals surface area contributed by atoms with Crippen molar-refractivity contribution in [3.63, 3.8) is 0 Å². The fourth-order valence-corrected chi connectivity index (χ4v) is 1.07. The third kappa shape index (κ3) is 1.42. The van der Waals surface area contributed by atoms with Crippen molar-refractivity contribution in [1.82, 2.24) is 5.43 Å². The van der Waals surface area contributed by atoms with E-state index in [1.165, 1.54) is 0 Å². The highest BCUT2D eigenvalue weighted by Crippen LogP contribution is 1.89. The summed E-state index contributed by atoms with van der Waals surface area (Å²) in [5.41, 5.74) is 10.3. The first-order valence-corrected chi connectivity index (χ1v) is 3.47. The van der Waals surface area contributed by atoms with Gasteiger partial charge >= 0.3 is 0 Å². The Bertz CT molecular complexity index is 386. The predicted molar refractivity (Wildman–Crippen MR) is 49.0 cm³/mol. The Hall–Kier alpha value is -1.06. The maximum Gasteiger partial charge on any atom is 0.0948 e. The number of benzene rings is 1. The van der Waals surface area contributed by atoms with Gasteiger partial charge in [0.15, 0.2) is 0 Å². The number of hydrogen-bond donors (Lipinski definition) is 1. The highest BCUT2D eigenvalue weighted by molar-refractivity contribution is 5.85. The first-order valence-electron chi connectivity index (χ1n) is 3.47. The molecule has 1 aliphatic rings. The van der Waals surface area contributed by atoms with E-state index in [0.717, 1.165) is 16.1 Å². The highest BCUT2D eigenvalue weighted by atomic mass is 35.5. The molecule has 0 fully saturated rings. The van der Waals surface area contributed by atoms with Gasteiger partial charge in [0.05, 0.1) is 11.6 Å². The van der Waals surface area contributed by atoms with Crippen molar-refractivity contribution in [2.24, 2.45) is 10.8 Å². The first-order chi connectivity index (χ1) is 5.40. The standard InChI is InChI=1S/C8H8N3.ClH/c9-4-6-1-2-7-5-10-11-8(7)3-6;/h1-3,5H,4,9H2;1H. The van der Waals surface area contributed by atoms with Gasteiger partial charge in [0.1, 0.15) is 0 Å². The van der Waals surface area contributed by atoms with Gasteiger partial charge in [-0.15, -0.1) is 12.4 Å². The van der Waals surface area contributed by atoms with Crippen LogP contribution < -0.4 is 21.7 Å². The number of rotatable bonds is 1. The molecule has 63 valence electrons. The second-order valence-electron chi connectivity index (χ2n) is 2.44. The van der Waals surface area contributed by atoms with E-state index in [4.69, 9.17) is 5.73 Å². The summed E-state index contributed by atoms with van der Waals surface area (Å²) in [6.45, 7) is 0.558. The third-order valence-corrected chi connectivity index (χ3v) is 1.69. The normalized spacial score (nSPS) is 11.8. The fourth-order valence-electron chi connectivity index (χ4n) is 1.07. The van der Waals surface area contributed by atoms with Gasteiger partial charge in [-0.1, -0.05) is 12.1 Å². The zero-order chi connectivity index (χ0) is 7.68. The molecule has 0 saturated carbocycles. The first kappa shape index (κ1) is 9.03. The molecule has 3 nitrogen and oxygen atoms in total. The summed E-state index contributed by atoms with van der Waals surface area (Å²) in [7, 11) is 0. The van der Waals surface area contributed by atoms with Gasteiger partial charge in [0, 0.05) is 11.8 Å². The molecule has 1 heterocycles. The molecule has 4 heteroatoms. The van der Waals surface area contributed by atoms with Gasteiger partial charge < -0.3 is 5.73 Å². The molecule has 0 aliphatic carbocycles. The summed E-state index contributed by atoms with van der Waals surface area (Å²) < 4.78 is 0. The van der Waals surface area contributed by atoms with E-state index >= 15 is 0 Å². The van der Waals surface area contributed by atoms with Crippen LogP contribution in [0.3, 0.4) is 0 Å². The van der Waals surface area contributed by atoms with Crippen LogP contribution in [0.5, 0.6) is 0 Å². The second-order valence-corrected chi connectivity index (χ2v) is 2.44. The summed E-state index contributed by atoms with van der Waals surface area (Å²) in [5.74, 6) is 0. The van der Waals surface area contributed by atoms with Crippen LogP contribution in [-0.2, 0) is 6.54 Å². The topological polar surface area (TPSA) is 52.5 Å². The van der Waals surface area contributed by atoms with Gasteiger partial charge in [-0.05, 0) is 11.6 Å². The molecule has 0 atom stereocenters. The zero-order valence-corrected chi connectivity index (χ0v) is 7.21. The number of nitrogens with zero attached hydrogens (tertiary/aromatic N) is 2. The maximum absolute atomic E-state index is 5.46. The van der Waals surface area contributed by atoms with Gasteiger partial charge in [-0.25, -0.2) is 0 Å². The van der Waals surface area contributed by atoms with Gasteiger partial charge in [-0.3, -0.25) is 0 Å². The summed E-state index contributed by atoms with van der Waals surface area (Å²) in [4.78, 5) is 0. The Labute approximate surface area is 76.4 Å². The number of hydrogen-bond acceptors (Lipinski definition) is 2. The van der Waals surface area contributed by atoms with Crippen molar-refractivity contribution in [3.05, 3.63) is 34.3 Å². The molecule has 2 N–H and O–H groups in total. The fraction of sp³-hybridized carbons (Fsp3) is 0.125. The van der Waals surface area contributed by atoms with Crippen LogP contribution in [0.25, 0.3) is 6.20 Å². The molecule has 0 amide bonds. The van der Waals surface area contributed by atoms with E-state index in [1.807, 2.05) is 18.2 Å². The third-order valence-electron chi connectivity index (χ3n) is 1.69. The van der Waals surface area contributed by atoms with Gasteiger partial charge in [0.25, 0.3) is 0 Å². The minimum atomic E-state index is 0. The summed E-state index contributed by atoms with van der Waals surface area (Å²) in [5, 5.41) is 5.92. The monoisotopic (exact) mass is 182 g/mol. The van der Waals surface area contributed by atoms with E-state index in [1.54, 1.807) is 6.20 Å². The van der Waals surface area contributed by atoms with Gasteiger partial charge in [-0.2, -0.15) is 10.5 Å². The Morgan fingerprint density at radius 3 is 2.92 bits per heavy atom. The Morgan fingerprint density at radius 2 is 2.17 bits per heavy atom.